The summed E-state index contributed by atoms with van der Waals surface area (Å²) in [5, 5.41) is 0.513. The fourth-order valence-electron chi connectivity index (χ4n) is 1.95. The fraction of sp³-hybridized carbons (Fsp3) is 0.250. The quantitative estimate of drug-likeness (QED) is 0.759. The highest BCUT2D eigenvalue weighted by Gasteiger charge is 2.30. The highest BCUT2D eigenvalue weighted by molar-refractivity contribution is 5.79. The first kappa shape index (κ1) is 8.65. The number of hydrogen-bond donors (Lipinski definition) is 1. The molecular weight excluding hydrogens is 193 g/mol. The van der Waals surface area contributed by atoms with Crippen molar-refractivity contribution >= 4 is 10.9 Å². The Kier molecular flexibility index (Phi) is 1.69. The van der Waals surface area contributed by atoms with Gasteiger partial charge < -0.3 is 4.98 Å². The van der Waals surface area contributed by atoms with E-state index in [1.54, 1.807) is 24.3 Å². The average molecular weight is 203 g/mol. The van der Waals surface area contributed by atoms with Gasteiger partial charge in [0.2, 0.25) is 0 Å². The molecule has 1 aliphatic carbocycles. The highest BCUT2D eigenvalue weighted by Crippen LogP contribution is 2.40. The van der Waals surface area contributed by atoms with Gasteiger partial charge in [-0.05, 0) is 30.9 Å². The summed E-state index contributed by atoms with van der Waals surface area (Å²) < 4.78 is 14.0. The highest BCUT2D eigenvalue weighted by atomic mass is 19.1. The van der Waals surface area contributed by atoms with Crippen molar-refractivity contribution in [3.05, 3.63) is 46.0 Å². The van der Waals surface area contributed by atoms with E-state index in [4.69, 9.17) is 0 Å². The molecule has 0 aliphatic heterocycles. The minimum Gasteiger partial charge on any atom is -0.322 e. The second-order valence-electron chi connectivity index (χ2n) is 4.00. The number of aromatic amines is 1. The van der Waals surface area contributed by atoms with Crippen molar-refractivity contribution in [2.24, 2.45) is 0 Å². The molecule has 0 amide bonds. The lowest BCUT2D eigenvalue weighted by atomic mass is 10.1. The summed E-state index contributed by atoms with van der Waals surface area (Å²) in [4.78, 5) is 14.4. The third kappa shape index (κ3) is 1.27. The summed E-state index contributed by atoms with van der Waals surface area (Å²) in [6.45, 7) is 0. The number of nitrogens with one attached hydrogen (secondary N) is 1. The van der Waals surface area contributed by atoms with E-state index in [-0.39, 0.29) is 17.3 Å². The first-order valence-corrected chi connectivity index (χ1v) is 5.08. The van der Waals surface area contributed by atoms with Gasteiger partial charge in [-0.25, -0.2) is 4.39 Å². The van der Waals surface area contributed by atoms with Gasteiger partial charge in [-0.15, -0.1) is 0 Å². The molecule has 1 heterocycles. The molecule has 1 N–H and O–H groups in total. The van der Waals surface area contributed by atoms with Gasteiger partial charge in [0.05, 0.1) is 11.1 Å². The molecule has 1 saturated carbocycles. The van der Waals surface area contributed by atoms with Crippen LogP contribution in [0.5, 0.6) is 0 Å². The summed E-state index contributed by atoms with van der Waals surface area (Å²) in [5.41, 5.74) is 0.645. The van der Waals surface area contributed by atoms with Crippen LogP contribution in [0.2, 0.25) is 0 Å². The number of hydrogen-bond acceptors (Lipinski definition) is 1. The lowest BCUT2D eigenvalue weighted by Gasteiger charge is -2.03. The number of halogens is 1. The molecule has 0 bridgehead atoms. The van der Waals surface area contributed by atoms with Gasteiger partial charge in [0.15, 0.2) is 0 Å². The van der Waals surface area contributed by atoms with Crippen molar-refractivity contribution in [2.75, 3.05) is 0 Å². The van der Waals surface area contributed by atoms with Crippen LogP contribution in [0, 0.1) is 5.82 Å². The molecule has 2 nitrogen and oxygen atoms in total. The molecule has 0 spiro atoms. The van der Waals surface area contributed by atoms with E-state index in [9.17, 15) is 9.18 Å². The molecule has 0 radical (unpaired) electrons. The molecule has 76 valence electrons. The van der Waals surface area contributed by atoms with Crippen molar-refractivity contribution < 1.29 is 4.39 Å². The van der Waals surface area contributed by atoms with Crippen LogP contribution < -0.4 is 5.56 Å². The number of rotatable bonds is 1. The van der Waals surface area contributed by atoms with Crippen LogP contribution in [0.15, 0.2) is 29.1 Å². The fourth-order valence-corrected chi connectivity index (χ4v) is 1.95. The van der Waals surface area contributed by atoms with Gasteiger partial charge in [0.25, 0.3) is 5.56 Å². The SMILES string of the molecule is O=c1[nH]c2ccccc2c(F)c1C1CC1. The second kappa shape index (κ2) is 2.92. The molecule has 1 aromatic carbocycles. The van der Waals surface area contributed by atoms with E-state index < -0.39 is 0 Å². The van der Waals surface area contributed by atoms with E-state index >= 15 is 0 Å². The van der Waals surface area contributed by atoms with E-state index in [0.29, 0.717) is 16.5 Å². The number of benzene rings is 1. The smallest absolute Gasteiger partial charge is 0.254 e. The molecule has 1 aromatic heterocycles. The number of para-hydroxylation sites is 1. The topological polar surface area (TPSA) is 32.9 Å². The van der Waals surface area contributed by atoms with Gasteiger partial charge in [-0.2, -0.15) is 0 Å². The standard InChI is InChI=1S/C12H10FNO/c13-11-8-3-1-2-4-9(8)14-12(15)10(11)7-5-6-7/h1-4,7H,5-6H2,(H,14,15). The first-order valence-electron chi connectivity index (χ1n) is 5.08. The van der Waals surface area contributed by atoms with Crippen molar-refractivity contribution in [1.29, 1.82) is 0 Å². The van der Waals surface area contributed by atoms with Gasteiger partial charge in [0, 0.05) is 5.39 Å². The van der Waals surface area contributed by atoms with Crippen molar-refractivity contribution in [3.8, 4) is 0 Å². The average Bonchev–Trinajstić information content (AvgIpc) is 3.02. The van der Waals surface area contributed by atoms with Gasteiger partial charge >= 0.3 is 0 Å². The maximum absolute atomic E-state index is 14.0. The van der Waals surface area contributed by atoms with Crippen LogP contribution in [-0.2, 0) is 0 Å². The Hall–Kier alpha value is -1.64. The molecule has 15 heavy (non-hydrogen) atoms. The Labute approximate surface area is 85.7 Å². The monoisotopic (exact) mass is 203 g/mol. The summed E-state index contributed by atoms with van der Waals surface area (Å²) >= 11 is 0. The van der Waals surface area contributed by atoms with E-state index in [2.05, 4.69) is 4.98 Å². The second-order valence-corrected chi connectivity index (χ2v) is 4.00. The molecule has 2 aromatic rings. The summed E-state index contributed by atoms with van der Waals surface area (Å²) in [7, 11) is 0. The number of fused-ring (bicyclic) bond motifs is 1. The maximum atomic E-state index is 14.0. The Morgan fingerprint density at radius 1 is 1.27 bits per heavy atom. The predicted octanol–water partition coefficient (Wildman–Crippen LogP) is 2.54. The summed E-state index contributed by atoms with van der Waals surface area (Å²) in [5.74, 6) is -0.199. The Morgan fingerprint density at radius 3 is 2.73 bits per heavy atom. The maximum Gasteiger partial charge on any atom is 0.254 e. The Morgan fingerprint density at radius 2 is 2.00 bits per heavy atom. The molecule has 3 rings (SSSR count). The number of aromatic nitrogens is 1. The van der Waals surface area contributed by atoms with E-state index in [1.165, 1.54) is 0 Å². The third-order valence-corrected chi connectivity index (χ3v) is 2.88. The van der Waals surface area contributed by atoms with Crippen LogP contribution in [0.3, 0.4) is 0 Å². The van der Waals surface area contributed by atoms with Crippen LogP contribution in [0.1, 0.15) is 24.3 Å². The van der Waals surface area contributed by atoms with E-state index in [0.717, 1.165) is 12.8 Å². The van der Waals surface area contributed by atoms with Crippen molar-refractivity contribution in [2.45, 2.75) is 18.8 Å². The molecule has 1 fully saturated rings. The van der Waals surface area contributed by atoms with Crippen LogP contribution in [0.4, 0.5) is 4.39 Å². The zero-order chi connectivity index (χ0) is 10.4. The largest absolute Gasteiger partial charge is 0.322 e. The van der Waals surface area contributed by atoms with Crippen molar-refractivity contribution in [1.82, 2.24) is 4.98 Å². The molecular formula is C12H10FNO. The molecule has 0 atom stereocenters. The van der Waals surface area contributed by atoms with Crippen LogP contribution >= 0.6 is 0 Å². The number of H-pyrrole nitrogens is 1. The lowest BCUT2D eigenvalue weighted by molar-refractivity contribution is 0.618. The minimum absolute atomic E-state index is 0.137. The zero-order valence-electron chi connectivity index (χ0n) is 8.09. The molecule has 1 aliphatic rings. The van der Waals surface area contributed by atoms with Gasteiger partial charge in [-0.1, -0.05) is 12.1 Å². The normalized spacial score (nSPS) is 15.8. The van der Waals surface area contributed by atoms with Gasteiger partial charge in [0.1, 0.15) is 5.82 Å². The summed E-state index contributed by atoms with van der Waals surface area (Å²) in [6, 6.07) is 6.98. The first-order chi connectivity index (χ1) is 7.27. The van der Waals surface area contributed by atoms with Crippen molar-refractivity contribution in [3.63, 3.8) is 0 Å². The predicted molar refractivity (Wildman–Crippen MR) is 56.5 cm³/mol. The minimum atomic E-state index is -0.336. The number of pyridine rings is 1. The van der Waals surface area contributed by atoms with E-state index in [1.807, 2.05) is 0 Å². The van der Waals surface area contributed by atoms with Gasteiger partial charge in [-0.3, -0.25) is 4.79 Å². The zero-order valence-corrected chi connectivity index (χ0v) is 8.09. The van der Waals surface area contributed by atoms with Crippen LogP contribution in [0.25, 0.3) is 10.9 Å². The molecule has 0 unspecified atom stereocenters. The Bertz CT molecular complexity index is 584. The third-order valence-electron chi connectivity index (χ3n) is 2.88. The molecule has 0 saturated heterocycles. The molecule has 3 heteroatoms. The Balaban J connectivity index is 2.41. The summed E-state index contributed by atoms with van der Waals surface area (Å²) in [6.07, 6.45) is 1.86. The van der Waals surface area contributed by atoms with Crippen LogP contribution in [-0.4, -0.2) is 4.98 Å². The lowest BCUT2D eigenvalue weighted by Crippen LogP contribution is -2.14.